The second kappa shape index (κ2) is 8.03. The van der Waals surface area contributed by atoms with E-state index in [0.29, 0.717) is 6.04 Å². The number of likely N-dealkylation sites (tertiary alicyclic amines) is 1. The number of rotatable bonds is 8. The minimum absolute atomic E-state index is 0.222. The minimum atomic E-state index is 0.222. The summed E-state index contributed by atoms with van der Waals surface area (Å²) in [5.41, 5.74) is 0. The molecule has 1 heterocycles. The monoisotopic (exact) mass is 244 g/mol. The number of nitrogens with one attached hydrogen (secondary N) is 1. The maximum Gasteiger partial charge on any atom is 0.0971 e. The van der Waals surface area contributed by atoms with Crippen LogP contribution in [0.3, 0.4) is 0 Å². The first-order valence-corrected chi connectivity index (χ1v) is 6.77. The molecule has 1 N–H and O–H groups in total. The van der Waals surface area contributed by atoms with Crippen LogP contribution in [0, 0.1) is 0 Å². The fraction of sp³-hybridized carbons (Fsp3) is 1.00. The van der Waals surface area contributed by atoms with Crippen molar-refractivity contribution < 1.29 is 9.47 Å². The van der Waals surface area contributed by atoms with Crippen molar-refractivity contribution in [3.05, 3.63) is 0 Å². The number of ether oxygens (including phenoxy) is 2. The first-order chi connectivity index (χ1) is 8.26. The molecule has 0 radical (unpaired) electrons. The zero-order valence-electron chi connectivity index (χ0n) is 11.7. The molecule has 3 unspecified atom stereocenters. The topological polar surface area (TPSA) is 33.7 Å². The Morgan fingerprint density at radius 3 is 2.18 bits per heavy atom. The van der Waals surface area contributed by atoms with Crippen molar-refractivity contribution in [3.8, 4) is 0 Å². The average Bonchev–Trinajstić information content (AvgIpc) is 2.77. The molecule has 4 heteroatoms. The van der Waals surface area contributed by atoms with Gasteiger partial charge in [-0.2, -0.15) is 0 Å². The van der Waals surface area contributed by atoms with E-state index in [1.165, 1.54) is 12.8 Å². The van der Waals surface area contributed by atoms with E-state index in [1.54, 1.807) is 14.2 Å². The third kappa shape index (κ3) is 4.21. The maximum atomic E-state index is 5.48. The van der Waals surface area contributed by atoms with Crippen LogP contribution in [0.1, 0.15) is 26.7 Å². The Morgan fingerprint density at radius 1 is 1.18 bits per heavy atom. The van der Waals surface area contributed by atoms with Crippen molar-refractivity contribution in [2.24, 2.45) is 0 Å². The summed E-state index contributed by atoms with van der Waals surface area (Å²) in [6.45, 7) is 8.59. The molecule has 1 aliphatic heterocycles. The fourth-order valence-corrected chi connectivity index (χ4v) is 2.50. The zero-order valence-corrected chi connectivity index (χ0v) is 11.7. The normalized spacial score (nSPS) is 27.5. The summed E-state index contributed by atoms with van der Waals surface area (Å²) in [5.74, 6) is 0. The Balaban J connectivity index is 2.42. The largest absolute Gasteiger partial charge is 0.377 e. The highest BCUT2D eigenvalue weighted by Gasteiger charge is 2.35. The summed E-state index contributed by atoms with van der Waals surface area (Å²) in [6, 6.07) is 0.597. The van der Waals surface area contributed by atoms with Gasteiger partial charge in [0, 0.05) is 39.9 Å². The van der Waals surface area contributed by atoms with E-state index in [9.17, 15) is 0 Å². The molecule has 17 heavy (non-hydrogen) atoms. The molecule has 3 atom stereocenters. The highest BCUT2D eigenvalue weighted by atomic mass is 16.5. The molecule has 102 valence electrons. The van der Waals surface area contributed by atoms with Gasteiger partial charge in [0.05, 0.1) is 12.2 Å². The molecule has 0 bridgehead atoms. The van der Waals surface area contributed by atoms with E-state index in [4.69, 9.17) is 9.47 Å². The highest BCUT2D eigenvalue weighted by Crippen LogP contribution is 2.19. The quantitative estimate of drug-likeness (QED) is 0.649. The lowest BCUT2D eigenvalue weighted by Crippen LogP contribution is -2.41. The van der Waals surface area contributed by atoms with Gasteiger partial charge in [-0.1, -0.05) is 13.8 Å². The lowest BCUT2D eigenvalue weighted by molar-refractivity contribution is -0.00461. The van der Waals surface area contributed by atoms with Crippen LogP contribution in [-0.2, 0) is 9.47 Å². The van der Waals surface area contributed by atoms with Gasteiger partial charge in [0.1, 0.15) is 0 Å². The molecule has 1 aliphatic rings. The molecule has 0 aliphatic carbocycles. The third-order valence-corrected chi connectivity index (χ3v) is 3.64. The van der Waals surface area contributed by atoms with Crippen LogP contribution >= 0.6 is 0 Å². The molecule has 0 saturated carbocycles. The van der Waals surface area contributed by atoms with E-state index >= 15 is 0 Å². The Bertz CT molecular complexity index is 190. The second-order valence-electron chi connectivity index (χ2n) is 4.77. The Labute approximate surface area is 106 Å². The van der Waals surface area contributed by atoms with Gasteiger partial charge < -0.3 is 14.8 Å². The second-order valence-corrected chi connectivity index (χ2v) is 4.77. The van der Waals surface area contributed by atoms with E-state index in [0.717, 1.165) is 26.2 Å². The highest BCUT2D eigenvalue weighted by molar-refractivity contribution is 4.89. The van der Waals surface area contributed by atoms with Crippen molar-refractivity contribution in [1.82, 2.24) is 10.2 Å². The van der Waals surface area contributed by atoms with Crippen molar-refractivity contribution in [1.29, 1.82) is 0 Å². The summed E-state index contributed by atoms with van der Waals surface area (Å²) in [4.78, 5) is 2.49. The molecule has 0 aromatic rings. The molecular weight excluding hydrogens is 216 g/mol. The SMILES string of the molecule is CCCNCC(CC)N1CC(OC)C(OC)C1. The van der Waals surface area contributed by atoms with Gasteiger partial charge in [0.25, 0.3) is 0 Å². The van der Waals surface area contributed by atoms with Crippen molar-refractivity contribution in [3.63, 3.8) is 0 Å². The molecule has 1 fully saturated rings. The van der Waals surface area contributed by atoms with E-state index in [2.05, 4.69) is 24.1 Å². The lowest BCUT2D eigenvalue weighted by Gasteiger charge is -2.26. The van der Waals surface area contributed by atoms with Crippen molar-refractivity contribution in [2.75, 3.05) is 40.4 Å². The number of nitrogens with zero attached hydrogens (tertiary/aromatic N) is 1. The Kier molecular flexibility index (Phi) is 7.04. The van der Waals surface area contributed by atoms with Crippen molar-refractivity contribution >= 4 is 0 Å². The standard InChI is InChI=1S/C13H28N2O2/c1-5-7-14-8-11(6-2)15-9-12(16-3)13(10-15)17-4/h11-14H,5-10H2,1-4H3. The molecule has 1 saturated heterocycles. The number of hydrogen-bond acceptors (Lipinski definition) is 4. The molecule has 0 amide bonds. The van der Waals surface area contributed by atoms with Gasteiger partial charge in [0.2, 0.25) is 0 Å². The minimum Gasteiger partial charge on any atom is -0.377 e. The number of hydrogen-bond donors (Lipinski definition) is 1. The summed E-state index contributed by atoms with van der Waals surface area (Å²) in [6.07, 6.45) is 2.81. The smallest absolute Gasteiger partial charge is 0.0971 e. The predicted octanol–water partition coefficient (Wildman–Crippen LogP) is 1.11. The Morgan fingerprint density at radius 2 is 1.76 bits per heavy atom. The van der Waals surface area contributed by atoms with Gasteiger partial charge in [-0.05, 0) is 19.4 Å². The van der Waals surface area contributed by atoms with Crippen LogP contribution in [0.2, 0.25) is 0 Å². The first kappa shape index (κ1) is 14.9. The van der Waals surface area contributed by atoms with Gasteiger partial charge in [-0.15, -0.1) is 0 Å². The average molecular weight is 244 g/mol. The molecular formula is C13H28N2O2. The van der Waals surface area contributed by atoms with Gasteiger partial charge >= 0.3 is 0 Å². The van der Waals surface area contributed by atoms with Gasteiger partial charge in [0.15, 0.2) is 0 Å². The Hall–Kier alpha value is -0.160. The summed E-state index contributed by atoms with van der Waals surface area (Å²) in [5, 5.41) is 3.51. The van der Waals surface area contributed by atoms with Crippen LogP contribution in [0.5, 0.6) is 0 Å². The molecule has 0 spiro atoms. The zero-order chi connectivity index (χ0) is 12.7. The predicted molar refractivity (Wildman–Crippen MR) is 70.4 cm³/mol. The molecule has 4 nitrogen and oxygen atoms in total. The van der Waals surface area contributed by atoms with Gasteiger partial charge in [-0.25, -0.2) is 0 Å². The fourth-order valence-electron chi connectivity index (χ4n) is 2.50. The van der Waals surface area contributed by atoms with Crippen LogP contribution in [0.15, 0.2) is 0 Å². The molecule has 0 aromatic heterocycles. The lowest BCUT2D eigenvalue weighted by atomic mass is 10.2. The van der Waals surface area contributed by atoms with E-state index in [1.807, 2.05) is 0 Å². The summed E-state index contributed by atoms with van der Waals surface area (Å²) in [7, 11) is 3.55. The number of methoxy groups -OCH3 is 2. The van der Waals surface area contributed by atoms with E-state index < -0.39 is 0 Å². The van der Waals surface area contributed by atoms with Crippen molar-refractivity contribution in [2.45, 2.75) is 44.9 Å². The van der Waals surface area contributed by atoms with Crippen LogP contribution in [0.25, 0.3) is 0 Å². The molecule has 1 rings (SSSR count). The van der Waals surface area contributed by atoms with Gasteiger partial charge in [-0.3, -0.25) is 4.90 Å². The molecule has 0 aromatic carbocycles. The maximum absolute atomic E-state index is 5.48. The summed E-state index contributed by atoms with van der Waals surface area (Å²) >= 11 is 0. The summed E-state index contributed by atoms with van der Waals surface area (Å²) < 4.78 is 11.0. The van der Waals surface area contributed by atoms with E-state index in [-0.39, 0.29) is 12.2 Å². The van der Waals surface area contributed by atoms with Crippen LogP contribution < -0.4 is 5.32 Å². The van der Waals surface area contributed by atoms with Crippen LogP contribution in [-0.4, -0.2) is 63.5 Å². The van der Waals surface area contributed by atoms with Crippen LogP contribution in [0.4, 0.5) is 0 Å². The third-order valence-electron chi connectivity index (χ3n) is 3.64. The first-order valence-electron chi connectivity index (χ1n) is 6.77.